The van der Waals surface area contributed by atoms with E-state index in [2.05, 4.69) is 12.8 Å². The molecule has 0 atom stereocenters. The standard InChI is InChI=1S/C12H9O/c13-9-10-5-7-12(8-6-10)11-3-1-2-4-11/h1-9H. The molecule has 0 aromatic heterocycles. The summed E-state index contributed by atoms with van der Waals surface area (Å²) >= 11 is 0. The molecule has 0 amide bonds. The zero-order valence-electron chi connectivity index (χ0n) is 7.10. The van der Waals surface area contributed by atoms with Gasteiger partial charge in [-0.1, -0.05) is 24.3 Å². The monoisotopic (exact) mass is 169 g/mol. The Kier molecular flexibility index (Phi) is 2.44. The highest BCUT2D eigenvalue weighted by Gasteiger charge is 2.18. The van der Waals surface area contributed by atoms with Crippen molar-refractivity contribution in [2.45, 2.75) is 0 Å². The van der Waals surface area contributed by atoms with Crippen molar-refractivity contribution in [3.8, 4) is 0 Å². The van der Waals surface area contributed by atoms with Crippen molar-refractivity contribution in [3.05, 3.63) is 67.0 Å². The highest BCUT2D eigenvalue weighted by molar-refractivity contribution is 5.75. The molecule has 13 heavy (non-hydrogen) atoms. The molecule has 1 aromatic carbocycles. The summed E-state index contributed by atoms with van der Waals surface area (Å²) in [4.78, 5) is 10.4. The molecule has 1 aliphatic carbocycles. The average Bonchev–Trinajstić information content (AvgIpc) is 2.71. The SMILES string of the molecule is O=Cc1ccc([C]2[CH][CH][CH][CH]2)cc1. The lowest BCUT2D eigenvalue weighted by molar-refractivity contribution is 0.112. The molecule has 1 heteroatoms. The summed E-state index contributed by atoms with van der Waals surface area (Å²) in [6.45, 7) is 0. The van der Waals surface area contributed by atoms with Gasteiger partial charge in [0, 0.05) is 11.5 Å². The van der Waals surface area contributed by atoms with Crippen LogP contribution in [0.4, 0.5) is 0 Å². The lowest BCUT2D eigenvalue weighted by atomic mass is 9.97. The molecule has 0 saturated heterocycles. The number of carbonyl (C=O) groups excluding carboxylic acids is 1. The van der Waals surface area contributed by atoms with Crippen LogP contribution >= 0.6 is 0 Å². The van der Waals surface area contributed by atoms with Crippen molar-refractivity contribution in [3.63, 3.8) is 0 Å². The molecule has 1 nitrogen and oxygen atoms in total. The topological polar surface area (TPSA) is 17.1 Å². The van der Waals surface area contributed by atoms with Crippen LogP contribution in [0.2, 0.25) is 0 Å². The van der Waals surface area contributed by atoms with Gasteiger partial charge in [0.25, 0.3) is 0 Å². The molecule has 1 saturated carbocycles. The zero-order valence-corrected chi connectivity index (χ0v) is 7.10. The molecule has 0 unspecified atom stereocenters. The van der Waals surface area contributed by atoms with Gasteiger partial charge in [-0.2, -0.15) is 0 Å². The summed E-state index contributed by atoms with van der Waals surface area (Å²) in [5.41, 5.74) is 1.87. The summed E-state index contributed by atoms with van der Waals surface area (Å²) in [5.74, 6) is 1.19. The summed E-state index contributed by atoms with van der Waals surface area (Å²) < 4.78 is 0. The van der Waals surface area contributed by atoms with Crippen LogP contribution in [0.1, 0.15) is 15.9 Å². The lowest BCUT2D eigenvalue weighted by Gasteiger charge is -2.07. The molecule has 5 radical (unpaired) electrons. The van der Waals surface area contributed by atoms with E-state index < -0.39 is 0 Å². The van der Waals surface area contributed by atoms with E-state index in [9.17, 15) is 4.79 Å². The van der Waals surface area contributed by atoms with Gasteiger partial charge in [-0.05, 0) is 31.2 Å². The van der Waals surface area contributed by atoms with E-state index in [0.717, 1.165) is 17.4 Å². The first-order valence-electron chi connectivity index (χ1n) is 4.17. The van der Waals surface area contributed by atoms with Crippen molar-refractivity contribution in [2.75, 3.05) is 0 Å². The third kappa shape index (κ3) is 1.80. The predicted molar refractivity (Wildman–Crippen MR) is 51.4 cm³/mol. The highest BCUT2D eigenvalue weighted by atomic mass is 16.1. The molecule has 0 spiro atoms. The number of hydrogen-bond donors (Lipinski definition) is 0. The highest BCUT2D eigenvalue weighted by Crippen LogP contribution is 2.29. The maximum Gasteiger partial charge on any atom is 0.150 e. The van der Waals surface area contributed by atoms with Crippen LogP contribution in [0.15, 0.2) is 24.3 Å². The molecule has 1 aromatic rings. The molecule has 0 heterocycles. The normalized spacial score (nSPS) is 17.5. The Hall–Kier alpha value is -1.11. The molecule has 2 rings (SSSR count). The van der Waals surface area contributed by atoms with Crippen LogP contribution < -0.4 is 0 Å². The number of hydrogen-bond acceptors (Lipinski definition) is 1. The molecular formula is C12H9O. The average molecular weight is 169 g/mol. The lowest BCUT2D eigenvalue weighted by Crippen LogP contribution is -1.94. The fraction of sp³-hybridized carbons (Fsp3) is 0. The minimum Gasteiger partial charge on any atom is -0.298 e. The maximum atomic E-state index is 10.4. The second-order valence-corrected chi connectivity index (χ2v) is 2.91. The van der Waals surface area contributed by atoms with E-state index in [0.29, 0.717) is 0 Å². The van der Waals surface area contributed by atoms with Crippen LogP contribution in [0.3, 0.4) is 0 Å². The maximum absolute atomic E-state index is 10.4. The minimum absolute atomic E-state index is 0.718. The number of benzene rings is 1. The van der Waals surface area contributed by atoms with Crippen LogP contribution in [0, 0.1) is 31.6 Å². The number of carbonyl (C=O) groups is 1. The third-order valence-electron chi connectivity index (χ3n) is 2.04. The van der Waals surface area contributed by atoms with Crippen molar-refractivity contribution >= 4 is 6.29 Å². The van der Waals surface area contributed by atoms with Crippen LogP contribution in [0.5, 0.6) is 0 Å². The summed E-state index contributed by atoms with van der Waals surface area (Å²) in [5, 5.41) is 0. The van der Waals surface area contributed by atoms with Gasteiger partial charge < -0.3 is 0 Å². The first kappa shape index (κ1) is 8.49. The molecular weight excluding hydrogens is 160 g/mol. The first-order valence-corrected chi connectivity index (χ1v) is 4.17. The Morgan fingerprint density at radius 2 is 1.54 bits per heavy atom. The summed E-state index contributed by atoms with van der Waals surface area (Å²) in [6.07, 6.45) is 8.96. The van der Waals surface area contributed by atoms with E-state index in [1.54, 1.807) is 0 Å². The van der Waals surface area contributed by atoms with Gasteiger partial charge in [-0.3, -0.25) is 4.79 Å². The minimum atomic E-state index is 0.718. The van der Waals surface area contributed by atoms with Gasteiger partial charge in [-0.25, -0.2) is 0 Å². The van der Waals surface area contributed by atoms with E-state index in [1.165, 1.54) is 5.92 Å². The Labute approximate surface area is 78.8 Å². The van der Waals surface area contributed by atoms with E-state index in [1.807, 2.05) is 37.1 Å². The second-order valence-electron chi connectivity index (χ2n) is 2.91. The number of rotatable bonds is 2. The summed E-state index contributed by atoms with van der Waals surface area (Å²) in [7, 11) is 0. The van der Waals surface area contributed by atoms with Crippen molar-refractivity contribution < 1.29 is 4.79 Å². The fourth-order valence-corrected chi connectivity index (χ4v) is 1.32. The van der Waals surface area contributed by atoms with Crippen molar-refractivity contribution in [1.29, 1.82) is 0 Å². The fourth-order valence-electron chi connectivity index (χ4n) is 1.32. The Morgan fingerprint density at radius 1 is 0.923 bits per heavy atom. The molecule has 1 aliphatic rings. The smallest absolute Gasteiger partial charge is 0.150 e. The molecule has 1 fully saturated rings. The zero-order chi connectivity index (χ0) is 9.10. The second kappa shape index (κ2) is 3.73. The van der Waals surface area contributed by atoms with E-state index in [-0.39, 0.29) is 0 Å². The number of aldehydes is 1. The quantitative estimate of drug-likeness (QED) is 0.620. The van der Waals surface area contributed by atoms with Gasteiger partial charge in [0.1, 0.15) is 6.29 Å². The largest absolute Gasteiger partial charge is 0.298 e. The molecule has 0 bridgehead atoms. The predicted octanol–water partition coefficient (Wildman–Crippen LogP) is 2.25. The molecule has 0 aliphatic heterocycles. The summed E-state index contributed by atoms with van der Waals surface area (Å²) in [6, 6.07) is 7.57. The molecule has 63 valence electrons. The van der Waals surface area contributed by atoms with Crippen molar-refractivity contribution in [1.82, 2.24) is 0 Å². The van der Waals surface area contributed by atoms with Crippen LogP contribution in [-0.4, -0.2) is 6.29 Å². The third-order valence-corrected chi connectivity index (χ3v) is 2.04. The van der Waals surface area contributed by atoms with Crippen LogP contribution in [-0.2, 0) is 0 Å². The van der Waals surface area contributed by atoms with Gasteiger partial charge in [0.2, 0.25) is 0 Å². The van der Waals surface area contributed by atoms with Gasteiger partial charge in [-0.15, -0.1) is 0 Å². The van der Waals surface area contributed by atoms with E-state index >= 15 is 0 Å². The Bertz CT molecular complexity index is 280. The van der Waals surface area contributed by atoms with Crippen molar-refractivity contribution in [2.24, 2.45) is 0 Å². The van der Waals surface area contributed by atoms with Crippen LogP contribution in [0.25, 0.3) is 0 Å². The first-order chi connectivity index (χ1) is 6.40. The van der Waals surface area contributed by atoms with Gasteiger partial charge >= 0.3 is 0 Å². The Morgan fingerprint density at radius 3 is 2.08 bits per heavy atom. The molecule has 0 N–H and O–H groups in total. The van der Waals surface area contributed by atoms with E-state index in [4.69, 9.17) is 0 Å². The van der Waals surface area contributed by atoms with Gasteiger partial charge in [0.05, 0.1) is 0 Å². The Balaban J connectivity index is 2.16. The van der Waals surface area contributed by atoms with Gasteiger partial charge in [0.15, 0.2) is 0 Å².